The van der Waals surface area contributed by atoms with E-state index in [0.29, 0.717) is 21.6 Å². The smallest absolute Gasteiger partial charge is 0.350 e. The summed E-state index contributed by atoms with van der Waals surface area (Å²) in [5.74, 6) is 1.37. The van der Waals surface area contributed by atoms with Crippen LogP contribution in [0.4, 0.5) is 5.69 Å². The van der Waals surface area contributed by atoms with Crippen molar-refractivity contribution in [2.45, 2.75) is 27.2 Å². The minimum absolute atomic E-state index is 0.0941. The summed E-state index contributed by atoms with van der Waals surface area (Å²) in [6.07, 6.45) is 1.14. The standard InChI is InChI=1S/C16H22N2O4S2.C8H10/c1-11-10-24-15(16(21)22-3)14(11)17-13(20)9-18(8-12(2)19)4-6-23-7-5-18;1-2-8-6-4-3-5-7-8/h10H,4-9H2,1-3H3;3-7H,2H2,1H3/p+1. The molecule has 0 radical (unpaired) electrons. The second-order valence-electron chi connectivity index (χ2n) is 7.92. The minimum Gasteiger partial charge on any atom is -0.465 e. The Morgan fingerprint density at radius 3 is 2.28 bits per heavy atom. The summed E-state index contributed by atoms with van der Waals surface area (Å²) in [4.78, 5) is 36.4. The lowest BCUT2D eigenvalue weighted by Gasteiger charge is -2.39. The fourth-order valence-electron chi connectivity index (χ4n) is 3.61. The average molecular weight is 478 g/mol. The Hall–Kier alpha value is -2.16. The van der Waals surface area contributed by atoms with E-state index >= 15 is 0 Å². The van der Waals surface area contributed by atoms with E-state index in [9.17, 15) is 14.4 Å². The van der Waals surface area contributed by atoms with Crippen LogP contribution >= 0.6 is 23.1 Å². The van der Waals surface area contributed by atoms with Crippen LogP contribution in [0.15, 0.2) is 35.7 Å². The van der Waals surface area contributed by atoms with Gasteiger partial charge in [-0.25, -0.2) is 4.79 Å². The van der Waals surface area contributed by atoms with Gasteiger partial charge in [0.25, 0.3) is 5.91 Å². The van der Waals surface area contributed by atoms with Crippen molar-refractivity contribution in [3.8, 4) is 0 Å². The van der Waals surface area contributed by atoms with Crippen molar-refractivity contribution < 1.29 is 23.6 Å². The summed E-state index contributed by atoms with van der Waals surface area (Å²) in [7, 11) is 1.32. The first-order valence-corrected chi connectivity index (χ1v) is 12.8. The lowest BCUT2D eigenvalue weighted by molar-refractivity contribution is -0.909. The highest BCUT2D eigenvalue weighted by atomic mass is 32.2. The van der Waals surface area contributed by atoms with Gasteiger partial charge in [0, 0.05) is 18.4 Å². The predicted molar refractivity (Wildman–Crippen MR) is 133 cm³/mol. The molecule has 2 aromatic rings. The van der Waals surface area contributed by atoms with Crippen molar-refractivity contribution in [3.05, 3.63) is 51.7 Å². The fourth-order valence-corrected chi connectivity index (χ4v) is 5.77. The van der Waals surface area contributed by atoms with Crippen LogP contribution in [0.2, 0.25) is 0 Å². The Morgan fingerprint density at radius 2 is 1.75 bits per heavy atom. The zero-order valence-corrected chi connectivity index (χ0v) is 20.9. The first-order chi connectivity index (χ1) is 15.3. The molecule has 3 rings (SSSR count). The number of quaternary nitrogens is 1. The molecule has 32 heavy (non-hydrogen) atoms. The van der Waals surface area contributed by atoms with E-state index in [1.165, 1.54) is 24.0 Å². The summed E-state index contributed by atoms with van der Waals surface area (Å²) in [6.45, 7) is 7.81. The lowest BCUT2D eigenvalue weighted by Crippen LogP contribution is -2.58. The summed E-state index contributed by atoms with van der Waals surface area (Å²) in [5, 5.41) is 4.68. The first kappa shape index (κ1) is 26.1. The number of thiophene rings is 1. The number of anilines is 1. The van der Waals surface area contributed by atoms with Gasteiger partial charge in [-0.1, -0.05) is 37.3 Å². The molecule has 1 N–H and O–H groups in total. The summed E-state index contributed by atoms with van der Waals surface area (Å²) in [5.41, 5.74) is 2.76. The third-order valence-electron chi connectivity index (χ3n) is 5.32. The van der Waals surface area contributed by atoms with Gasteiger partial charge in [0.1, 0.15) is 11.4 Å². The topological polar surface area (TPSA) is 72.5 Å². The normalized spacial score (nSPS) is 14.6. The van der Waals surface area contributed by atoms with Crippen LogP contribution in [0.5, 0.6) is 0 Å². The third-order valence-corrected chi connectivity index (χ3v) is 7.34. The van der Waals surface area contributed by atoms with Gasteiger partial charge in [-0.3, -0.25) is 9.59 Å². The number of nitrogens with zero attached hydrogens (tertiary/aromatic N) is 1. The number of carbonyl (C=O) groups excluding carboxylic acids is 3. The van der Waals surface area contributed by atoms with Crippen LogP contribution in [0, 0.1) is 6.92 Å². The molecule has 0 spiro atoms. The molecular formula is C24H33N2O4S2+. The number of benzene rings is 1. The molecule has 0 aliphatic carbocycles. The van der Waals surface area contributed by atoms with Gasteiger partial charge in [-0.05, 0) is 29.9 Å². The van der Waals surface area contributed by atoms with Gasteiger partial charge >= 0.3 is 5.97 Å². The van der Waals surface area contributed by atoms with Crippen molar-refractivity contribution in [3.63, 3.8) is 0 Å². The van der Waals surface area contributed by atoms with Gasteiger partial charge < -0.3 is 14.5 Å². The molecular weight excluding hydrogens is 444 g/mol. The number of hydrogen-bond donors (Lipinski definition) is 1. The van der Waals surface area contributed by atoms with E-state index in [-0.39, 0.29) is 18.2 Å². The fraction of sp³-hybridized carbons (Fsp3) is 0.458. The highest BCUT2D eigenvalue weighted by Crippen LogP contribution is 2.28. The molecule has 1 aromatic heterocycles. The summed E-state index contributed by atoms with van der Waals surface area (Å²) in [6, 6.07) is 10.5. The molecule has 174 valence electrons. The molecule has 0 unspecified atom stereocenters. The molecule has 1 saturated heterocycles. The number of hydrogen-bond acceptors (Lipinski definition) is 6. The molecule has 1 aromatic carbocycles. The molecule has 0 saturated carbocycles. The van der Waals surface area contributed by atoms with Gasteiger partial charge in [-0.15, -0.1) is 11.3 Å². The highest BCUT2D eigenvalue weighted by molar-refractivity contribution is 7.99. The molecule has 0 bridgehead atoms. The second kappa shape index (κ2) is 12.8. The number of ketones is 1. The van der Waals surface area contributed by atoms with E-state index in [1.54, 1.807) is 6.92 Å². The Morgan fingerprint density at radius 1 is 1.09 bits per heavy atom. The maximum absolute atomic E-state index is 12.6. The van der Waals surface area contributed by atoms with E-state index in [0.717, 1.165) is 36.6 Å². The predicted octanol–water partition coefficient (Wildman–Crippen LogP) is 4.18. The molecule has 6 nitrogen and oxygen atoms in total. The van der Waals surface area contributed by atoms with Gasteiger partial charge in [0.05, 0.1) is 25.9 Å². The molecule has 1 aliphatic heterocycles. The van der Waals surface area contributed by atoms with E-state index in [2.05, 4.69) is 36.5 Å². The van der Waals surface area contributed by atoms with E-state index < -0.39 is 5.97 Å². The number of ether oxygens (including phenoxy) is 1. The third kappa shape index (κ3) is 7.76. The van der Waals surface area contributed by atoms with Crippen molar-refractivity contribution in [1.82, 2.24) is 0 Å². The van der Waals surface area contributed by atoms with E-state index in [1.807, 2.05) is 30.1 Å². The van der Waals surface area contributed by atoms with Crippen LogP contribution in [0.3, 0.4) is 0 Å². The SMILES string of the molecule is CCc1ccccc1.COC(=O)c1scc(C)c1NC(=O)C[N+]1(CC(C)=O)CCSCC1. The Kier molecular flexibility index (Phi) is 10.4. The van der Waals surface area contributed by atoms with Crippen LogP contribution in [-0.2, 0) is 20.7 Å². The number of rotatable bonds is 7. The molecule has 2 heterocycles. The minimum atomic E-state index is -0.453. The lowest BCUT2D eigenvalue weighted by atomic mass is 10.2. The molecule has 1 aliphatic rings. The number of Topliss-reactive ketones (excluding diaryl/α,β-unsaturated/α-hetero) is 1. The average Bonchev–Trinajstić information content (AvgIpc) is 3.14. The largest absolute Gasteiger partial charge is 0.465 e. The number of carbonyl (C=O) groups is 3. The van der Waals surface area contributed by atoms with Gasteiger partial charge in [0.15, 0.2) is 12.3 Å². The molecule has 1 amide bonds. The van der Waals surface area contributed by atoms with Crippen LogP contribution < -0.4 is 5.32 Å². The van der Waals surface area contributed by atoms with Crippen molar-refractivity contribution >= 4 is 46.4 Å². The molecule has 8 heteroatoms. The molecule has 0 atom stereocenters. The van der Waals surface area contributed by atoms with Crippen LogP contribution in [0.25, 0.3) is 0 Å². The zero-order valence-electron chi connectivity index (χ0n) is 19.3. The van der Waals surface area contributed by atoms with Crippen LogP contribution in [0.1, 0.15) is 34.6 Å². The summed E-state index contributed by atoms with van der Waals surface area (Å²) < 4.78 is 5.25. The quantitative estimate of drug-likeness (QED) is 0.478. The van der Waals surface area contributed by atoms with Crippen LogP contribution in [-0.4, -0.2) is 66.9 Å². The van der Waals surface area contributed by atoms with Gasteiger partial charge in [0.2, 0.25) is 0 Å². The molecule has 1 fully saturated rings. The Balaban J connectivity index is 0.000000380. The maximum atomic E-state index is 12.6. The zero-order chi connectivity index (χ0) is 23.6. The summed E-state index contributed by atoms with van der Waals surface area (Å²) >= 11 is 3.11. The van der Waals surface area contributed by atoms with E-state index in [4.69, 9.17) is 4.74 Å². The number of methoxy groups -OCH3 is 1. The first-order valence-electron chi connectivity index (χ1n) is 10.7. The Labute approximate surface area is 198 Å². The second-order valence-corrected chi connectivity index (χ2v) is 10.0. The maximum Gasteiger partial charge on any atom is 0.350 e. The monoisotopic (exact) mass is 477 g/mol. The number of nitrogens with one attached hydrogen (secondary N) is 1. The number of esters is 1. The number of thioether (sulfide) groups is 1. The van der Waals surface area contributed by atoms with Crippen molar-refractivity contribution in [2.24, 2.45) is 0 Å². The van der Waals surface area contributed by atoms with Crippen molar-refractivity contribution in [2.75, 3.05) is 50.1 Å². The number of amides is 1. The highest BCUT2D eigenvalue weighted by Gasteiger charge is 2.34. The number of aryl methyl sites for hydroxylation is 2. The van der Waals surface area contributed by atoms with Crippen molar-refractivity contribution in [1.29, 1.82) is 0 Å². The Bertz CT molecular complexity index is 906. The van der Waals surface area contributed by atoms with Gasteiger partial charge in [-0.2, -0.15) is 11.8 Å².